The highest BCUT2D eigenvalue weighted by Gasteiger charge is 2.19. The van der Waals surface area contributed by atoms with Gasteiger partial charge in [0.1, 0.15) is 22.3 Å². The third kappa shape index (κ3) is 5.88. The SMILES string of the molecule is c1ccc(-c2ccc(N(c3ccc4c(c3)oc3ccccc34)c3ccc4c(c3)oc3cc(-c5nc(-c6ccccc6)nc(-c6ccccc6)n5)ccc34)cc2)cc1. The largest absolute Gasteiger partial charge is 0.456 e. The lowest BCUT2D eigenvalue weighted by molar-refractivity contribution is 0.669. The molecule has 0 saturated carbocycles. The van der Waals surface area contributed by atoms with E-state index in [-0.39, 0.29) is 0 Å². The number of hydrogen-bond acceptors (Lipinski definition) is 6. The fourth-order valence-electron chi connectivity index (χ4n) is 7.72. The molecule has 6 nitrogen and oxygen atoms in total. The molecule has 0 amide bonds. The molecule has 0 radical (unpaired) electrons. The molecule has 6 heteroatoms. The molecule has 0 spiro atoms. The fourth-order valence-corrected chi connectivity index (χ4v) is 7.72. The number of hydrogen-bond donors (Lipinski definition) is 0. The first-order valence-corrected chi connectivity index (χ1v) is 18.9. The van der Waals surface area contributed by atoms with Crippen molar-refractivity contribution in [1.82, 2.24) is 15.0 Å². The molecule has 0 aliphatic carbocycles. The van der Waals surface area contributed by atoms with Gasteiger partial charge in [0.15, 0.2) is 17.5 Å². The number of aromatic nitrogens is 3. The van der Waals surface area contributed by atoms with Crippen molar-refractivity contribution in [2.75, 3.05) is 4.90 Å². The molecule has 0 bridgehead atoms. The number of fused-ring (bicyclic) bond motifs is 6. The first-order chi connectivity index (χ1) is 28.2. The molecule has 3 heterocycles. The Labute approximate surface area is 328 Å². The van der Waals surface area contributed by atoms with E-state index < -0.39 is 0 Å². The maximum atomic E-state index is 6.68. The molecule has 0 saturated heterocycles. The summed E-state index contributed by atoms with van der Waals surface area (Å²) in [6.07, 6.45) is 0. The van der Waals surface area contributed by atoms with Crippen LogP contribution >= 0.6 is 0 Å². The summed E-state index contributed by atoms with van der Waals surface area (Å²) >= 11 is 0. The third-order valence-corrected chi connectivity index (χ3v) is 10.5. The molecular weight excluding hydrogens is 701 g/mol. The minimum atomic E-state index is 0.580. The number of nitrogens with zero attached hydrogens (tertiary/aromatic N) is 4. The summed E-state index contributed by atoms with van der Waals surface area (Å²) in [5, 5.41) is 4.23. The Bertz CT molecular complexity index is 3170. The summed E-state index contributed by atoms with van der Waals surface area (Å²) in [6, 6.07) is 66.4. The van der Waals surface area contributed by atoms with Gasteiger partial charge >= 0.3 is 0 Å². The van der Waals surface area contributed by atoms with Gasteiger partial charge in [-0.3, -0.25) is 0 Å². The van der Waals surface area contributed by atoms with Gasteiger partial charge in [-0.2, -0.15) is 0 Å². The Hall–Kier alpha value is -7.83. The molecule has 0 fully saturated rings. The summed E-state index contributed by atoms with van der Waals surface area (Å²) < 4.78 is 13.0. The normalized spacial score (nSPS) is 11.5. The molecular formula is C51H32N4O2. The summed E-state index contributed by atoms with van der Waals surface area (Å²) in [5.41, 5.74) is 11.2. The van der Waals surface area contributed by atoms with Crippen LogP contribution in [0.5, 0.6) is 0 Å². The van der Waals surface area contributed by atoms with Crippen LogP contribution in [0.3, 0.4) is 0 Å². The number of anilines is 3. The fraction of sp³-hybridized carbons (Fsp3) is 0. The van der Waals surface area contributed by atoms with Gasteiger partial charge in [0.25, 0.3) is 0 Å². The van der Waals surface area contributed by atoms with E-state index >= 15 is 0 Å². The predicted octanol–water partition coefficient (Wildman–Crippen LogP) is 13.8. The lowest BCUT2D eigenvalue weighted by atomic mass is 10.0. The third-order valence-electron chi connectivity index (χ3n) is 10.5. The number of furan rings is 2. The average molecular weight is 733 g/mol. The van der Waals surface area contributed by atoms with Crippen molar-refractivity contribution in [1.29, 1.82) is 0 Å². The van der Waals surface area contributed by atoms with Gasteiger partial charge < -0.3 is 13.7 Å². The van der Waals surface area contributed by atoms with Crippen molar-refractivity contribution in [3.05, 3.63) is 194 Å². The zero-order valence-electron chi connectivity index (χ0n) is 30.6. The quantitative estimate of drug-likeness (QED) is 0.162. The topological polar surface area (TPSA) is 68.2 Å². The van der Waals surface area contributed by atoms with Crippen molar-refractivity contribution < 1.29 is 8.83 Å². The zero-order chi connectivity index (χ0) is 37.7. The summed E-state index contributed by atoms with van der Waals surface area (Å²) in [7, 11) is 0. The molecule has 0 aliphatic rings. The van der Waals surface area contributed by atoms with Crippen LogP contribution in [0.15, 0.2) is 203 Å². The van der Waals surface area contributed by atoms with E-state index in [1.165, 1.54) is 5.56 Å². The Morgan fingerprint density at radius 3 is 1.25 bits per heavy atom. The van der Waals surface area contributed by atoms with E-state index in [1.807, 2.05) is 91.0 Å². The van der Waals surface area contributed by atoms with E-state index in [9.17, 15) is 0 Å². The van der Waals surface area contributed by atoms with E-state index in [0.29, 0.717) is 17.5 Å². The van der Waals surface area contributed by atoms with Crippen LogP contribution < -0.4 is 4.90 Å². The van der Waals surface area contributed by atoms with Gasteiger partial charge in [0, 0.05) is 67.4 Å². The van der Waals surface area contributed by atoms with Crippen molar-refractivity contribution >= 4 is 60.9 Å². The Morgan fingerprint density at radius 2 is 0.667 bits per heavy atom. The molecule has 268 valence electrons. The minimum absolute atomic E-state index is 0.580. The second kappa shape index (κ2) is 13.5. The van der Waals surface area contributed by atoms with Crippen LogP contribution in [0, 0.1) is 0 Å². The molecule has 11 rings (SSSR count). The Morgan fingerprint density at radius 1 is 0.281 bits per heavy atom. The molecule has 0 N–H and O–H groups in total. The van der Waals surface area contributed by atoms with Crippen LogP contribution in [0.25, 0.3) is 89.2 Å². The van der Waals surface area contributed by atoms with Crippen molar-refractivity contribution in [3.8, 4) is 45.3 Å². The maximum Gasteiger partial charge on any atom is 0.164 e. The maximum absolute atomic E-state index is 6.68. The molecule has 0 atom stereocenters. The summed E-state index contributed by atoms with van der Waals surface area (Å²) in [5.74, 6) is 1.81. The molecule has 57 heavy (non-hydrogen) atoms. The monoisotopic (exact) mass is 732 g/mol. The molecule has 8 aromatic carbocycles. The van der Waals surface area contributed by atoms with Crippen LogP contribution in [-0.2, 0) is 0 Å². The highest BCUT2D eigenvalue weighted by atomic mass is 16.3. The van der Waals surface area contributed by atoms with Crippen LogP contribution in [0.4, 0.5) is 17.1 Å². The summed E-state index contributed by atoms with van der Waals surface area (Å²) in [4.78, 5) is 17.0. The van der Waals surface area contributed by atoms with Crippen molar-refractivity contribution in [3.63, 3.8) is 0 Å². The van der Waals surface area contributed by atoms with Gasteiger partial charge in [-0.05, 0) is 65.7 Å². The van der Waals surface area contributed by atoms with Crippen LogP contribution in [0.2, 0.25) is 0 Å². The summed E-state index contributed by atoms with van der Waals surface area (Å²) in [6.45, 7) is 0. The van der Waals surface area contributed by atoms with E-state index in [2.05, 4.69) is 108 Å². The molecule has 3 aromatic heterocycles. The van der Waals surface area contributed by atoms with Crippen molar-refractivity contribution in [2.45, 2.75) is 0 Å². The van der Waals surface area contributed by atoms with Crippen LogP contribution in [0.1, 0.15) is 0 Å². The smallest absolute Gasteiger partial charge is 0.164 e. The van der Waals surface area contributed by atoms with Gasteiger partial charge in [0.2, 0.25) is 0 Å². The number of rotatable bonds is 7. The Balaban J connectivity index is 1.02. The standard InChI is InChI=1S/C51H32N4O2/c1-4-12-33(13-5-1)34-20-23-38(24-21-34)55(39-25-28-43-41-18-10-11-19-45(41)56-47(43)31-39)40-26-29-44-42-27-22-37(30-46(42)57-48(44)32-40)51-53-49(35-14-6-2-7-15-35)52-50(54-51)36-16-8-3-9-17-36/h1-32H. The lowest BCUT2D eigenvalue weighted by Gasteiger charge is -2.25. The second-order valence-corrected chi connectivity index (χ2v) is 14.1. The van der Waals surface area contributed by atoms with Gasteiger partial charge in [-0.25, -0.2) is 15.0 Å². The van der Waals surface area contributed by atoms with Gasteiger partial charge in [0.05, 0.1) is 0 Å². The van der Waals surface area contributed by atoms with E-state index in [1.54, 1.807) is 0 Å². The van der Waals surface area contributed by atoms with Crippen LogP contribution in [-0.4, -0.2) is 15.0 Å². The zero-order valence-corrected chi connectivity index (χ0v) is 30.6. The van der Waals surface area contributed by atoms with Gasteiger partial charge in [-0.15, -0.1) is 0 Å². The average Bonchev–Trinajstić information content (AvgIpc) is 3.85. The highest BCUT2D eigenvalue weighted by Crippen LogP contribution is 2.42. The molecule has 0 aliphatic heterocycles. The van der Waals surface area contributed by atoms with Gasteiger partial charge in [-0.1, -0.05) is 127 Å². The number of para-hydroxylation sites is 1. The van der Waals surface area contributed by atoms with Crippen molar-refractivity contribution in [2.24, 2.45) is 0 Å². The Kier molecular flexibility index (Phi) is 7.71. The number of benzene rings is 8. The minimum Gasteiger partial charge on any atom is -0.456 e. The first-order valence-electron chi connectivity index (χ1n) is 18.9. The first kappa shape index (κ1) is 32.6. The highest BCUT2D eigenvalue weighted by molar-refractivity contribution is 6.08. The second-order valence-electron chi connectivity index (χ2n) is 14.1. The molecule has 11 aromatic rings. The molecule has 0 unspecified atom stereocenters. The van der Waals surface area contributed by atoms with E-state index in [0.717, 1.165) is 83.2 Å². The predicted molar refractivity (Wildman–Crippen MR) is 231 cm³/mol. The lowest BCUT2D eigenvalue weighted by Crippen LogP contribution is -2.09. The van der Waals surface area contributed by atoms with E-state index in [4.69, 9.17) is 23.8 Å².